The molecular formula is C14H19N3O4. The van der Waals surface area contributed by atoms with E-state index in [4.69, 9.17) is 4.74 Å². The van der Waals surface area contributed by atoms with E-state index in [2.05, 4.69) is 10.3 Å². The zero-order chi connectivity index (χ0) is 15.4. The molecule has 1 aliphatic heterocycles. The quantitative estimate of drug-likeness (QED) is 0.794. The smallest absolute Gasteiger partial charge is 0.243 e. The van der Waals surface area contributed by atoms with E-state index in [1.54, 1.807) is 18.2 Å². The number of amides is 2. The number of carbonyl (C=O) groups excluding carboxylic acids is 2. The lowest BCUT2D eigenvalue weighted by atomic mass is 10.2. The Bertz CT molecular complexity index is 535. The Morgan fingerprint density at radius 3 is 2.95 bits per heavy atom. The van der Waals surface area contributed by atoms with Gasteiger partial charge in [-0.2, -0.15) is 0 Å². The number of nitrogens with one attached hydrogen (secondary N) is 1. The molecule has 21 heavy (non-hydrogen) atoms. The van der Waals surface area contributed by atoms with Gasteiger partial charge in [-0.1, -0.05) is 6.07 Å². The summed E-state index contributed by atoms with van der Waals surface area (Å²) in [6.07, 6.45) is -0.392. The second-order valence-electron chi connectivity index (χ2n) is 4.97. The van der Waals surface area contributed by atoms with Crippen LogP contribution in [-0.2, 0) is 16.1 Å². The normalized spacial score (nSPS) is 21.2. The summed E-state index contributed by atoms with van der Waals surface area (Å²) in [6, 6.07) is 4.66. The molecule has 2 atom stereocenters. The minimum atomic E-state index is -0.653. The van der Waals surface area contributed by atoms with Crippen LogP contribution in [0.25, 0.3) is 0 Å². The Hall–Kier alpha value is -2.15. The van der Waals surface area contributed by atoms with Crippen molar-refractivity contribution in [3.8, 4) is 5.88 Å². The monoisotopic (exact) mass is 293 g/mol. The van der Waals surface area contributed by atoms with Gasteiger partial charge in [0.05, 0.1) is 25.5 Å². The Balaban J connectivity index is 1.96. The first kappa shape index (κ1) is 15.2. The van der Waals surface area contributed by atoms with Gasteiger partial charge in [0.2, 0.25) is 17.7 Å². The van der Waals surface area contributed by atoms with Gasteiger partial charge in [0.25, 0.3) is 0 Å². The molecule has 1 fully saturated rings. The molecule has 2 N–H and O–H groups in total. The summed E-state index contributed by atoms with van der Waals surface area (Å²) >= 11 is 0. The lowest BCUT2D eigenvalue weighted by molar-refractivity contribution is -0.137. The summed E-state index contributed by atoms with van der Waals surface area (Å²) in [5.41, 5.74) is 0.663. The average Bonchev–Trinajstić information content (AvgIpc) is 2.87. The number of carbonyl (C=O) groups is 2. The van der Waals surface area contributed by atoms with Gasteiger partial charge in [-0.25, -0.2) is 4.98 Å². The fraction of sp³-hybridized carbons (Fsp3) is 0.500. The molecule has 2 heterocycles. The van der Waals surface area contributed by atoms with Gasteiger partial charge in [0, 0.05) is 26.0 Å². The van der Waals surface area contributed by atoms with Crippen molar-refractivity contribution >= 4 is 11.8 Å². The fourth-order valence-corrected chi connectivity index (χ4v) is 2.38. The molecule has 0 radical (unpaired) electrons. The van der Waals surface area contributed by atoms with Crippen molar-refractivity contribution in [2.75, 3.05) is 13.7 Å². The second kappa shape index (κ2) is 6.53. The largest absolute Gasteiger partial charge is 0.481 e. The molecule has 0 unspecified atom stereocenters. The molecule has 1 aromatic heterocycles. The number of likely N-dealkylation sites (tertiary alicyclic amines) is 1. The molecule has 7 nitrogen and oxygen atoms in total. The predicted molar refractivity (Wildman–Crippen MR) is 74.4 cm³/mol. The predicted octanol–water partition coefficient (Wildman–Crippen LogP) is -0.312. The van der Waals surface area contributed by atoms with Crippen molar-refractivity contribution in [1.29, 1.82) is 0 Å². The Morgan fingerprint density at radius 1 is 1.52 bits per heavy atom. The van der Waals surface area contributed by atoms with Crippen LogP contribution in [0.15, 0.2) is 18.2 Å². The average molecular weight is 293 g/mol. The number of β-amino-alcohol motifs (C(OH)–C–C–N with tert-alkyl or cyclic N) is 1. The van der Waals surface area contributed by atoms with Crippen molar-refractivity contribution < 1.29 is 19.4 Å². The minimum absolute atomic E-state index is 0.199. The van der Waals surface area contributed by atoms with E-state index in [-0.39, 0.29) is 31.3 Å². The van der Waals surface area contributed by atoms with Crippen LogP contribution in [0, 0.1) is 0 Å². The first-order valence-electron chi connectivity index (χ1n) is 6.74. The molecule has 1 aliphatic rings. The highest BCUT2D eigenvalue weighted by Gasteiger charge is 2.37. The van der Waals surface area contributed by atoms with Gasteiger partial charge in [0.1, 0.15) is 6.04 Å². The van der Waals surface area contributed by atoms with Crippen LogP contribution in [-0.4, -0.2) is 52.6 Å². The number of aliphatic hydroxyl groups excluding tert-OH is 1. The van der Waals surface area contributed by atoms with Gasteiger partial charge >= 0.3 is 0 Å². The van der Waals surface area contributed by atoms with Crippen LogP contribution in [0.2, 0.25) is 0 Å². The maximum Gasteiger partial charge on any atom is 0.243 e. The molecular weight excluding hydrogens is 274 g/mol. The van der Waals surface area contributed by atoms with Gasteiger partial charge in [-0.15, -0.1) is 0 Å². The number of hydrogen-bond donors (Lipinski definition) is 2. The highest BCUT2D eigenvalue weighted by atomic mass is 16.5. The van der Waals surface area contributed by atoms with Crippen molar-refractivity contribution in [1.82, 2.24) is 15.2 Å². The molecule has 1 saturated heterocycles. The number of aliphatic hydroxyl groups is 1. The Labute approximate surface area is 122 Å². The van der Waals surface area contributed by atoms with Crippen LogP contribution < -0.4 is 10.1 Å². The van der Waals surface area contributed by atoms with Crippen molar-refractivity contribution in [2.24, 2.45) is 0 Å². The third-order valence-electron chi connectivity index (χ3n) is 3.42. The zero-order valence-electron chi connectivity index (χ0n) is 12.1. The molecule has 114 valence electrons. The molecule has 1 aromatic rings. The lowest BCUT2D eigenvalue weighted by Crippen LogP contribution is -2.45. The van der Waals surface area contributed by atoms with Crippen molar-refractivity contribution in [2.45, 2.75) is 32.0 Å². The van der Waals surface area contributed by atoms with Crippen LogP contribution in [0.1, 0.15) is 19.0 Å². The van der Waals surface area contributed by atoms with E-state index in [0.717, 1.165) is 0 Å². The maximum atomic E-state index is 12.2. The molecule has 0 spiro atoms. The lowest BCUT2D eigenvalue weighted by Gasteiger charge is -2.21. The number of pyridine rings is 1. The van der Waals surface area contributed by atoms with E-state index in [9.17, 15) is 14.7 Å². The van der Waals surface area contributed by atoms with Gasteiger partial charge in [-0.3, -0.25) is 9.59 Å². The fourth-order valence-electron chi connectivity index (χ4n) is 2.38. The van der Waals surface area contributed by atoms with Crippen molar-refractivity contribution in [3.05, 3.63) is 23.9 Å². The zero-order valence-corrected chi connectivity index (χ0v) is 12.1. The number of hydrogen-bond acceptors (Lipinski definition) is 5. The molecule has 0 aliphatic carbocycles. The van der Waals surface area contributed by atoms with E-state index >= 15 is 0 Å². The Kier molecular flexibility index (Phi) is 4.74. The number of ether oxygens (including phenoxy) is 1. The number of nitrogens with zero attached hydrogens (tertiary/aromatic N) is 2. The molecule has 0 bridgehead atoms. The van der Waals surface area contributed by atoms with Crippen LogP contribution in [0.5, 0.6) is 5.88 Å². The topological polar surface area (TPSA) is 91.8 Å². The second-order valence-corrected chi connectivity index (χ2v) is 4.97. The summed E-state index contributed by atoms with van der Waals surface area (Å²) in [4.78, 5) is 29.2. The molecule has 2 rings (SSSR count). The third-order valence-corrected chi connectivity index (χ3v) is 3.42. The highest BCUT2D eigenvalue weighted by Crippen LogP contribution is 2.18. The van der Waals surface area contributed by atoms with Crippen molar-refractivity contribution in [3.63, 3.8) is 0 Å². The number of methoxy groups -OCH3 is 1. The van der Waals surface area contributed by atoms with Gasteiger partial charge in [-0.05, 0) is 6.07 Å². The summed E-state index contributed by atoms with van der Waals surface area (Å²) in [7, 11) is 1.52. The molecule has 2 amide bonds. The van der Waals surface area contributed by atoms with Crippen LogP contribution in [0.3, 0.4) is 0 Å². The van der Waals surface area contributed by atoms with Crippen LogP contribution in [0.4, 0.5) is 0 Å². The number of rotatable bonds is 4. The Morgan fingerprint density at radius 2 is 2.29 bits per heavy atom. The molecule has 0 saturated carbocycles. The molecule has 7 heteroatoms. The number of aromatic nitrogens is 1. The summed E-state index contributed by atoms with van der Waals surface area (Å²) in [5.74, 6) is -0.0269. The SMILES string of the molecule is COc1cccc(CNC(=O)[C@H]2C[C@@H](O)CN2C(C)=O)n1. The maximum absolute atomic E-state index is 12.2. The summed E-state index contributed by atoms with van der Waals surface area (Å²) < 4.78 is 5.01. The van der Waals surface area contributed by atoms with Gasteiger partial charge < -0.3 is 20.1 Å². The summed E-state index contributed by atoms with van der Waals surface area (Å²) in [5, 5.41) is 12.4. The first-order valence-corrected chi connectivity index (χ1v) is 6.74. The van der Waals surface area contributed by atoms with Gasteiger partial charge in [0.15, 0.2) is 0 Å². The highest BCUT2D eigenvalue weighted by molar-refractivity contribution is 5.87. The molecule has 0 aromatic carbocycles. The van der Waals surface area contributed by atoms with E-state index in [1.165, 1.54) is 18.9 Å². The third kappa shape index (κ3) is 3.69. The van der Waals surface area contributed by atoms with E-state index in [1.807, 2.05) is 0 Å². The van der Waals surface area contributed by atoms with E-state index < -0.39 is 12.1 Å². The standard InChI is InChI=1S/C14H19N3O4/c1-9(18)17-8-11(19)6-12(17)14(20)15-7-10-4-3-5-13(16-10)21-2/h3-5,11-12,19H,6-8H2,1-2H3,(H,15,20)/t11-,12-/m1/s1. The van der Waals surface area contributed by atoms with Crippen LogP contribution >= 0.6 is 0 Å². The first-order chi connectivity index (χ1) is 10.0. The minimum Gasteiger partial charge on any atom is -0.481 e. The summed E-state index contributed by atoms with van der Waals surface area (Å²) in [6.45, 7) is 1.83. The van der Waals surface area contributed by atoms with E-state index in [0.29, 0.717) is 11.6 Å².